The molecule has 0 aromatic heterocycles. The van der Waals surface area contributed by atoms with Crippen LogP contribution in [0.1, 0.15) is 13.8 Å². The molecule has 0 aliphatic rings. The van der Waals surface area contributed by atoms with Crippen LogP contribution in [0.15, 0.2) is 0 Å². The Hall–Kier alpha value is -0.0900. The third-order valence-corrected chi connectivity index (χ3v) is 1.25. The van der Waals surface area contributed by atoms with E-state index in [9.17, 15) is 4.79 Å². The molecule has 0 amide bonds. The number of halogens is 1. The van der Waals surface area contributed by atoms with E-state index >= 15 is 0 Å². The predicted octanol–water partition coefficient (Wildman–Crippen LogP) is 1.26. The molecule has 4 heteroatoms. The Balaban J connectivity index is 3.58. The summed E-state index contributed by atoms with van der Waals surface area (Å²) in [6.45, 7) is 4.65. The lowest BCUT2D eigenvalue weighted by Gasteiger charge is -2.16. The highest BCUT2D eigenvalue weighted by atomic mass is 79.9. The summed E-state index contributed by atoms with van der Waals surface area (Å²) < 4.78 is 4.86. The fraction of sp³-hybridized carbons (Fsp3) is 0.875. The first-order chi connectivity index (χ1) is 5.31. The Morgan fingerprint density at radius 2 is 2.00 bits per heavy atom. The van der Waals surface area contributed by atoms with E-state index in [1.165, 1.54) is 0 Å². The molecule has 0 bridgehead atoms. The first-order valence-electron chi connectivity index (χ1n) is 3.80. The molecular weight excluding hydrogens is 222 g/mol. The van der Waals surface area contributed by atoms with Crippen molar-refractivity contribution in [2.45, 2.75) is 18.2 Å². The van der Waals surface area contributed by atoms with Crippen molar-refractivity contribution in [2.75, 3.05) is 27.2 Å². The molecule has 3 nitrogen and oxygen atoms in total. The third-order valence-electron chi connectivity index (χ3n) is 1.02. The van der Waals surface area contributed by atoms with Crippen molar-refractivity contribution in [3.8, 4) is 0 Å². The summed E-state index contributed by atoms with van der Waals surface area (Å²) in [6, 6.07) is 0. The number of rotatable bonds is 4. The van der Waals surface area contributed by atoms with E-state index in [4.69, 9.17) is 4.74 Å². The van der Waals surface area contributed by atoms with Gasteiger partial charge in [-0.2, -0.15) is 0 Å². The van der Waals surface area contributed by atoms with Gasteiger partial charge in [0.1, 0.15) is 6.61 Å². The third kappa shape index (κ3) is 8.01. The van der Waals surface area contributed by atoms with Crippen LogP contribution in [0.4, 0.5) is 0 Å². The van der Waals surface area contributed by atoms with Crippen LogP contribution in [0.2, 0.25) is 0 Å². The van der Waals surface area contributed by atoms with Crippen molar-refractivity contribution < 1.29 is 9.53 Å². The highest BCUT2D eigenvalue weighted by molar-refractivity contribution is 9.10. The van der Waals surface area contributed by atoms with Crippen LogP contribution < -0.4 is 0 Å². The summed E-state index contributed by atoms with van der Waals surface area (Å²) in [5.41, 5.74) is 0. The molecule has 0 fully saturated rings. The molecule has 0 N–H and O–H groups in total. The van der Waals surface area contributed by atoms with Gasteiger partial charge in [-0.05, 0) is 27.9 Å². The molecule has 0 aliphatic heterocycles. The predicted molar refractivity (Wildman–Crippen MR) is 52.5 cm³/mol. The van der Waals surface area contributed by atoms with Crippen LogP contribution >= 0.6 is 15.9 Å². The van der Waals surface area contributed by atoms with E-state index in [-0.39, 0.29) is 10.3 Å². The van der Waals surface area contributed by atoms with E-state index < -0.39 is 0 Å². The zero-order valence-electron chi connectivity index (χ0n) is 8.06. The van der Waals surface area contributed by atoms with Crippen LogP contribution in [-0.2, 0) is 9.53 Å². The van der Waals surface area contributed by atoms with E-state index in [2.05, 4.69) is 15.9 Å². The lowest BCUT2D eigenvalue weighted by Crippen LogP contribution is -2.28. The molecule has 0 spiro atoms. The van der Waals surface area contributed by atoms with E-state index in [0.717, 1.165) is 0 Å². The molecule has 72 valence electrons. The van der Waals surface area contributed by atoms with Crippen molar-refractivity contribution in [2.24, 2.45) is 0 Å². The summed E-state index contributed by atoms with van der Waals surface area (Å²) in [7, 11) is 3.67. The smallest absolute Gasteiger partial charge is 0.320 e. The Bertz CT molecular complexity index is 152. The van der Waals surface area contributed by atoms with Gasteiger partial charge in [-0.1, -0.05) is 15.9 Å². The molecular formula is C8H16BrNO2. The molecule has 0 unspecified atom stereocenters. The maximum absolute atomic E-state index is 11.0. The Kier molecular flexibility index (Phi) is 4.78. The second-order valence-corrected chi connectivity index (χ2v) is 5.76. The van der Waals surface area contributed by atoms with E-state index in [0.29, 0.717) is 13.2 Å². The van der Waals surface area contributed by atoms with Crippen LogP contribution in [0.3, 0.4) is 0 Å². The Labute approximate surface area is 82.2 Å². The zero-order valence-corrected chi connectivity index (χ0v) is 9.64. The molecule has 0 atom stereocenters. The summed E-state index contributed by atoms with van der Waals surface area (Å²) >= 11 is 3.38. The number of hydrogen-bond donors (Lipinski definition) is 0. The standard InChI is InChI=1S/C8H16BrNO2/c1-8(2,9)6-12-7(11)5-10(3)4/h5-6H2,1-4H3. The monoisotopic (exact) mass is 237 g/mol. The number of ether oxygens (including phenoxy) is 1. The largest absolute Gasteiger partial charge is 0.463 e. The zero-order chi connectivity index (χ0) is 9.78. The van der Waals surface area contributed by atoms with Gasteiger partial charge in [0, 0.05) is 0 Å². The van der Waals surface area contributed by atoms with Crippen LogP contribution in [0.5, 0.6) is 0 Å². The molecule has 0 saturated carbocycles. The summed E-state index contributed by atoms with van der Waals surface area (Å²) in [5, 5.41) is 0. The van der Waals surface area contributed by atoms with Gasteiger partial charge in [-0.15, -0.1) is 0 Å². The minimum absolute atomic E-state index is 0.130. The summed E-state index contributed by atoms with van der Waals surface area (Å²) in [5.74, 6) is -0.187. The van der Waals surface area contributed by atoms with Crippen LogP contribution in [-0.4, -0.2) is 42.4 Å². The number of likely N-dealkylation sites (N-methyl/N-ethyl adjacent to an activating group) is 1. The van der Waals surface area contributed by atoms with Crippen molar-refractivity contribution in [1.29, 1.82) is 0 Å². The maximum Gasteiger partial charge on any atom is 0.320 e. The highest BCUT2D eigenvalue weighted by Gasteiger charge is 2.15. The van der Waals surface area contributed by atoms with Crippen molar-refractivity contribution in [1.82, 2.24) is 4.90 Å². The normalized spacial score (nSPS) is 11.8. The van der Waals surface area contributed by atoms with Crippen LogP contribution in [0.25, 0.3) is 0 Å². The van der Waals surface area contributed by atoms with Crippen molar-refractivity contribution in [3.05, 3.63) is 0 Å². The topological polar surface area (TPSA) is 29.5 Å². The first kappa shape index (κ1) is 11.9. The molecule has 12 heavy (non-hydrogen) atoms. The lowest BCUT2D eigenvalue weighted by molar-refractivity contribution is -0.144. The second-order valence-electron chi connectivity index (χ2n) is 3.62. The molecule has 0 radical (unpaired) electrons. The Morgan fingerprint density at radius 3 is 2.33 bits per heavy atom. The van der Waals surface area contributed by atoms with Gasteiger partial charge in [0.25, 0.3) is 0 Å². The minimum atomic E-state index is -0.187. The van der Waals surface area contributed by atoms with E-state index in [1.807, 2.05) is 27.9 Å². The fourth-order valence-corrected chi connectivity index (χ4v) is 0.670. The molecule has 0 aromatic rings. The minimum Gasteiger partial charge on any atom is -0.463 e. The van der Waals surface area contributed by atoms with Crippen molar-refractivity contribution >= 4 is 21.9 Å². The molecule has 0 aromatic carbocycles. The van der Waals surface area contributed by atoms with Gasteiger partial charge >= 0.3 is 5.97 Å². The fourth-order valence-electron chi connectivity index (χ4n) is 0.556. The Morgan fingerprint density at radius 1 is 1.50 bits per heavy atom. The molecule has 0 saturated heterocycles. The molecule has 0 aliphatic carbocycles. The molecule has 0 heterocycles. The van der Waals surface area contributed by atoms with Gasteiger partial charge in [-0.25, -0.2) is 0 Å². The highest BCUT2D eigenvalue weighted by Crippen LogP contribution is 2.15. The van der Waals surface area contributed by atoms with Crippen molar-refractivity contribution in [3.63, 3.8) is 0 Å². The number of alkyl halides is 1. The number of esters is 1. The second kappa shape index (κ2) is 4.82. The number of carbonyl (C=O) groups is 1. The number of nitrogens with zero attached hydrogens (tertiary/aromatic N) is 1. The average Bonchev–Trinajstić information content (AvgIpc) is 1.80. The summed E-state index contributed by atoms with van der Waals surface area (Å²) in [6.07, 6.45) is 0. The van der Waals surface area contributed by atoms with Crippen LogP contribution in [0, 0.1) is 0 Å². The first-order valence-corrected chi connectivity index (χ1v) is 4.60. The lowest BCUT2D eigenvalue weighted by atomic mass is 10.2. The molecule has 0 rings (SSSR count). The van der Waals surface area contributed by atoms with Gasteiger partial charge in [0.05, 0.1) is 10.9 Å². The van der Waals surface area contributed by atoms with Gasteiger partial charge in [0.15, 0.2) is 0 Å². The van der Waals surface area contributed by atoms with Gasteiger partial charge in [-0.3, -0.25) is 9.69 Å². The maximum atomic E-state index is 11.0. The number of hydrogen-bond acceptors (Lipinski definition) is 3. The number of carbonyl (C=O) groups excluding carboxylic acids is 1. The SMILES string of the molecule is CN(C)CC(=O)OCC(C)(C)Br. The average molecular weight is 238 g/mol. The van der Waals surface area contributed by atoms with E-state index in [1.54, 1.807) is 4.90 Å². The van der Waals surface area contributed by atoms with Gasteiger partial charge in [0.2, 0.25) is 0 Å². The van der Waals surface area contributed by atoms with Gasteiger partial charge < -0.3 is 4.74 Å². The summed E-state index contributed by atoms with van der Waals surface area (Å²) in [4.78, 5) is 12.8. The quantitative estimate of drug-likeness (QED) is 0.545.